The molecule has 1 aliphatic heterocycles. The number of rotatable bonds is 2. The van der Waals surface area contributed by atoms with Gasteiger partial charge in [-0.1, -0.05) is 35.0 Å². The van der Waals surface area contributed by atoms with Gasteiger partial charge in [0.15, 0.2) is 5.17 Å². The number of hydrogen-bond donors (Lipinski definition) is 2. The van der Waals surface area contributed by atoms with Crippen molar-refractivity contribution in [1.29, 1.82) is 0 Å². The van der Waals surface area contributed by atoms with Crippen LogP contribution < -0.4 is 11.1 Å². The molecule has 1 aromatic carbocycles. The maximum Gasteiger partial charge on any atom is 0.249 e. The van der Waals surface area contributed by atoms with Crippen LogP contribution in [0, 0.1) is 0 Å². The summed E-state index contributed by atoms with van der Waals surface area (Å²) in [4.78, 5) is 26.8. The second kappa shape index (κ2) is 5.81. The van der Waals surface area contributed by atoms with Gasteiger partial charge >= 0.3 is 0 Å². The van der Waals surface area contributed by atoms with E-state index in [0.717, 1.165) is 11.8 Å². The number of amides is 2. The molecule has 0 aromatic heterocycles. The van der Waals surface area contributed by atoms with Crippen molar-refractivity contribution in [2.24, 2.45) is 10.7 Å². The SMILES string of the molecule is NC1=NC(=O)C[C@@H](C(=O)Nc2cc(Cl)cc(Cl)c2)S1. The molecule has 8 heteroatoms. The van der Waals surface area contributed by atoms with Gasteiger partial charge in [0.05, 0.1) is 6.42 Å². The van der Waals surface area contributed by atoms with E-state index in [1.807, 2.05) is 0 Å². The lowest BCUT2D eigenvalue weighted by atomic mass is 10.2. The van der Waals surface area contributed by atoms with E-state index in [1.54, 1.807) is 18.2 Å². The highest BCUT2D eigenvalue weighted by Gasteiger charge is 2.28. The molecule has 0 spiro atoms. The van der Waals surface area contributed by atoms with Crippen LogP contribution in [0.3, 0.4) is 0 Å². The highest BCUT2D eigenvalue weighted by molar-refractivity contribution is 8.15. The molecule has 0 unspecified atom stereocenters. The van der Waals surface area contributed by atoms with Gasteiger partial charge in [-0.05, 0) is 18.2 Å². The number of anilines is 1. The van der Waals surface area contributed by atoms with Crippen LogP contribution in [-0.2, 0) is 9.59 Å². The average molecular weight is 318 g/mol. The first kappa shape index (κ1) is 14.2. The smallest absolute Gasteiger partial charge is 0.249 e. The summed E-state index contributed by atoms with van der Waals surface area (Å²) >= 11 is 12.7. The Morgan fingerprint density at radius 3 is 2.58 bits per heavy atom. The van der Waals surface area contributed by atoms with Gasteiger partial charge in [-0.15, -0.1) is 0 Å². The van der Waals surface area contributed by atoms with E-state index in [1.165, 1.54) is 0 Å². The quantitative estimate of drug-likeness (QED) is 0.876. The number of benzene rings is 1. The predicted octanol–water partition coefficient (Wildman–Crippen LogP) is 2.28. The number of carbonyl (C=O) groups is 2. The Hall–Kier alpha value is -1.24. The van der Waals surface area contributed by atoms with Gasteiger partial charge in [0.1, 0.15) is 5.25 Å². The first-order valence-electron chi connectivity index (χ1n) is 5.24. The third kappa shape index (κ3) is 3.86. The Balaban J connectivity index is 2.09. The highest BCUT2D eigenvalue weighted by Crippen LogP contribution is 2.25. The number of nitrogens with zero attached hydrogens (tertiary/aromatic N) is 1. The summed E-state index contributed by atoms with van der Waals surface area (Å²) in [7, 11) is 0. The maximum atomic E-state index is 12.0. The van der Waals surface area contributed by atoms with Crippen molar-refractivity contribution in [3.63, 3.8) is 0 Å². The van der Waals surface area contributed by atoms with Gasteiger partial charge in [0.2, 0.25) is 11.8 Å². The molecule has 0 saturated heterocycles. The van der Waals surface area contributed by atoms with Crippen molar-refractivity contribution < 1.29 is 9.59 Å². The number of nitrogens with two attached hydrogens (primary N) is 1. The number of halogens is 2. The molecule has 2 amide bonds. The van der Waals surface area contributed by atoms with Crippen LogP contribution in [0.1, 0.15) is 6.42 Å². The highest BCUT2D eigenvalue weighted by atomic mass is 35.5. The van der Waals surface area contributed by atoms with Crippen molar-refractivity contribution >= 4 is 57.6 Å². The summed E-state index contributed by atoms with van der Waals surface area (Å²) in [6.07, 6.45) is 0.0193. The lowest BCUT2D eigenvalue weighted by molar-refractivity contribution is -0.121. The van der Waals surface area contributed by atoms with Gasteiger partial charge in [-0.3, -0.25) is 9.59 Å². The molecule has 0 fully saturated rings. The van der Waals surface area contributed by atoms with E-state index in [-0.39, 0.29) is 17.5 Å². The monoisotopic (exact) mass is 317 g/mol. The fourth-order valence-electron chi connectivity index (χ4n) is 1.54. The molecule has 0 bridgehead atoms. The first-order valence-corrected chi connectivity index (χ1v) is 6.88. The molecule has 3 N–H and O–H groups in total. The van der Waals surface area contributed by atoms with Crippen molar-refractivity contribution in [2.75, 3.05) is 5.32 Å². The standard InChI is InChI=1S/C11H9Cl2N3O2S/c12-5-1-6(13)3-7(2-5)15-10(18)8-4-9(17)16-11(14)19-8/h1-3,8H,4H2,(H,15,18)(H2,14,16,17)/t8-/m0/s1. The van der Waals surface area contributed by atoms with E-state index in [4.69, 9.17) is 28.9 Å². The zero-order valence-corrected chi connectivity index (χ0v) is 11.9. The molecule has 19 heavy (non-hydrogen) atoms. The molecule has 0 aliphatic carbocycles. The minimum absolute atomic E-state index is 0.0193. The number of aliphatic imine (C=N–C) groups is 1. The molecule has 1 heterocycles. The molecular formula is C11H9Cl2N3O2S. The van der Waals surface area contributed by atoms with Crippen molar-refractivity contribution in [2.45, 2.75) is 11.7 Å². The van der Waals surface area contributed by atoms with E-state index in [9.17, 15) is 9.59 Å². The fourth-order valence-corrected chi connectivity index (χ4v) is 2.90. The Bertz CT molecular complexity index is 557. The van der Waals surface area contributed by atoms with Gasteiger partial charge in [-0.2, -0.15) is 4.99 Å². The first-order chi connectivity index (χ1) is 8.94. The molecule has 5 nitrogen and oxygen atoms in total. The molecule has 100 valence electrons. The molecule has 0 radical (unpaired) electrons. The summed E-state index contributed by atoms with van der Waals surface area (Å²) in [5.74, 6) is -0.741. The summed E-state index contributed by atoms with van der Waals surface area (Å²) < 4.78 is 0. The maximum absolute atomic E-state index is 12.0. The zero-order valence-electron chi connectivity index (χ0n) is 9.52. The number of amidine groups is 1. The van der Waals surface area contributed by atoms with Crippen LogP contribution >= 0.6 is 35.0 Å². The average Bonchev–Trinajstić information content (AvgIpc) is 2.25. The van der Waals surface area contributed by atoms with Gasteiger partial charge in [0.25, 0.3) is 0 Å². The lowest BCUT2D eigenvalue weighted by Crippen LogP contribution is -2.33. The number of nitrogens with one attached hydrogen (secondary N) is 1. The Labute approximate surface area is 123 Å². The van der Waals surface area contributed by atoms with Crippen LogP contribution in [0.5, 0.6) is 0 Å². The fraction of sp³-hybridized carbons (Fsp3) is 0.182. The molecule has 1 aliphatic rings. The van der Waals surface area contributed by atoms with Crippen LogP contribution in [-0.4, -0.2) is 22.2 Å². The number of hydrogen-bond acceptors (Lipinski definition) is 4. The molecule has 0 saturated carbocycles. The van der Waals surface area contributed by atoms with Gasteiger partial charge < -0.3 is 11.1 Å². The Morgan fingerprint density at radius 2 is 2.00 bits per heavy atom. The second-order valence-corrected chi connectivity index (χ2v) is 5.90. The zero-order chi connectivity index (χ0) is 14.0. The van der Waals surface area contributed by atoms with E-state index in [0.29, 0.717) is 15.7 Å². The normalized spacial score (nSPS) is 18.9. The third-order valence-electron chi connectivity index (χ3n) is 2.28. The summed E-state index contributed by atoms with van der Waals surface area (Å²) in [5, 5.41) is 2.97. The van der Waals surface area contributed by atoms with Crippen molar-refractivity contribution in [3.8, 4) is 0 Å². The van der Waals surface area contributed by atoms with E-state index >= 15 is 0 Å². The minimum Gasteiger partial charge on any atom is -0.378 e. The van der Waals surface area contributed by atoms with Gasteiger partial charge in [0, 0.05) is 15.7 Å². The molecule has 2 rings (SSSR count). The Kier molecular flexibility index (Phi) is 4.34. The summed E-state index contributed by atoms with van der Waals surface area (Å²) in [6, 6.07) is 4.69. The third-order valence-corrected chi connectivity index (χ3v) is 3.71. The summed E-state index contributed by atoms with van der Waals surface area (Å²) in [6.45, 7) is 0. The van der Waals surface area contributed by atoms with Gasteiger partial charge in [-0.25, -0.2) is 0 Å². The lowest BCUT2D eigenvalue weighted by Gasteiger charge is -2.17. The molecular weight excluding hydrogens is 309 g/mol. The largest absolute Gasteiger partial charge is 0.378 e. The topological polar surface area (TPSA) is 84.5 Å². The van der Waals surface area contributed by atoms with Crippen molar-refractivity contribution in [1.82, 2.24) is 0 Å². The van der Waals surface area contributed by atoms with Crippen LogP contribution in [0.4, 0.5) is 5.69 Å². The van der Waals surface area contributed by atoms with E-state index < -0.39 is 11.2 Å². The summed E-state index contributed by atoms with van der Waals surface area (Å²) in [5.41, 5.74) is 5.93. The predicted molar refractivity (Wildman–Crippen MR) is 77.7 cm³/mol. The minimum atomic E-state index is -0.595. The molecule has 1 aromatic rings. The Morgan fingerprint density at radius 1 is 1.37 bits per heavy atom. The van der Waals surface area contributed by atoms with Crippen LogP contribution in [0.2, 0.25) is 10.0 Å². The second-order valence-electron chi connectivity index (χ2n) is 3.80. The van der Waals surface area contributed by atoms with Crippen LogP contribution in [0.25, 0.3) is 0 Å². The number of thioether (sulfide) groups is 1. The number of carbonyl (C=O) groups excluding carboxylic acids is 2. The van der Waals surface area contributed by atoms with Crippen LogP contribution in [0.15, 0.2) is 23.2 Å². The molecule has 1 atom stereocenters. The van der Waals surface area contributed by atoms with E-state index in [2.05, 4.69) is 10.3 Å². The van der Waals surface area contributed by atoms with Crippen molar-refractivity contribution in [3.05, 3.63) is 28.2 Å².